The highest BCUT2D eigenvalue weighted by atomic mass is 16.5. The zero-order valence-corrected chi connectivity index (χ0v) is 12.3. The van der Waals surface area contributed by atoms with Crippen molar-refractivity contribution in [1.82, 2.24) is 4.90 Å². The average Bonchev–Trinajstić information content (AvgIpc) is 2.39. The number of carbonyl (C=O) groups excluding carboxylic acids is 1. The van der Waals surface area contributed by atoms with E-state index in [2.05, 4.69) is 25.7 Å². The topological polar surface area (TPSA) is 29.5 Å². The number of aldehydes is 1. The summed E-state index contributed by atoms with van der Waals surface area (Å²) in [6.45, 7) is 10.2. The lowest BCUT2D eigenvalue weighted by Gasteiger charge is -2.38. The first-order valence-corrected chi connectivity index (χ1v) is 7.41. The van der Waals surface area contributed by atoms with Crippen molar-refractivity contribution in [3.05, 3.63) is 0 Å². The van der Waals surface area contributed by atoms with Crippen LogP contribution in [0.1, 0.15) is 52.9 Å². The second-order valence-electron chi connectivity index (χ2n) is 5.86. The molecule has 106 valence electrons. The first-order chi connectivity index (χ1) is 8.63. The summed E-state index contributed by atoms with van der Waals surface area (Å²) in [5.41, 5.74) is -0.158. The third kappa shape index (κ3) is 4.69. The third-order valence-corrected chi connectivity index (χ3v) is 4.04. The van der Waals surface area contributed by atoms with Gasteiger partial charge in [-0.15, -0.1) is 0 Å². The zero-order valence-electron chi connectivity index (χ0n) is 12.3. The molecule has 18 heavy (non-hydrogen) atoms. The Morgan fingerprint density at radius 3 is 2.44 bits per heavy atom. The fourth-order valence-electron chi connectivity index (χ4n) is 2.58. The normalized spacial score (nSPS) is 19.4. The molecule has 0 aromatic heterocycles. The van der Waals surface area contributed by atoms with Crippen LogP contribution in [-0.4, -0.2) is 43.5 Å². The number of ether oxygens (including phenoxy) is 1. The van der Waals surface area contributed by atoms with Crippen molar-refractivity contribution in [3.8, 4) is 0 Å². The Morgan fingerprint density at radius 1 is 1.28 bits per heavy atom. The molecule has 0 radical (unpaired) electrons. The number of hydrogen-bond donors (Lipinski definition) is 0. The van der Waals surface area contributed by atoms with Gasteiger partial charge in [-0.1, -0.05) is 19.8 Å². The minimum atomic E-state index is -0.158. The van der Waals surface area contributed by atoms with E-state index in [1.165, 1.54) is 25.5 Å². The van der Waals surface area contributed by atoms with Crippen LogP contribution < -0.4 is 0 Å². The second-order valence-corrected chi connectivity index (χ2v) is 5.86. The van der Waals surface area contributed by atoms with E-state index in [4.69, 9.17) is 4.74 Å². The lowest BCUT2D eigenvalue weighted by atomic mass is 9.81. The maximum atomic E-state index is 11.5. The summed E-state index contributed by atoms with van der Waals surface area (Å²) in [6.07, 6.45) is 6.71. The Hall–Kier alpha value is -0.410. The summed E-state index contributed by atoms with van der Waals surface area (Å²) in [7, 11) is 0. The van der Waals surface area contributed by atoms with E-state index >= 15 is 0 Å². The van der Waals surface area contributed by atoms with Gasteiger partial charge in [0, 0.05) is 31.2 Å². The minimum Gasteiger partial charge on any atom is -0.381 e. The van der Waals surface area contributed by atoms with Crippen molar-refractivity contribution in [2.24, 2.45) is 5.41 Å². The molecular weight excluding hydrogens is 226 g/mol. The Labute approximate surface area is 112 Å². The van der Waals surface area contributed by atoms with Crippen molar-refractivity contribution in [2.75, 3.05) is 26.3 Å². The number of carbonyl (C=O) groups is 1. The molecule has 1 rings (SSSR count). The average molecular weight is 255 g/mol. The molecule has 3 heteroatoms. The highest BCUT2D eigenvalue weighted by Crippen LogP contribution is 2.30. The van der Waals surface area contributed by atoms with Crippen molar-refractivity contribution in [3.63, 3.8) is 0 Å². The SMILES string of the molecule is CCCCCN(CC1(C=O)CCOCC1)C(C)C. The van der Waals surface area contributed by atoms with Crippen molar-refractivity contribution < 1.29 is 9.53 Å². The number of hydrogen-bond acceptors (Lipinski definition) is 3. The van der Waals surface area contributed by atoms with Gasteiger partial charge in [0.1, 0.15) is 6.29 Å². The highest BCUT2D eigenvalue weighted by Gasteiger charge is 2.34. The van der Waals surface area contributed by atoms with E-state index in [9.17, 15) is 4.79 Å². The first kappa shape index (κ1) is 15.6. The van der Waals surface area contributed by atoms with Gasteiger partial charge in [-0.3, -0.25) is 4.90 Å². The fraction of sp³-hybridized carbons (Fsp3) is 0.933. The monoisotopic (exact) mass is 255 g/mol. The molecule has 1 fully saturated rings. The van der Waals surface area contributed by atoms with Gasteiger partial charge in [0.15, 0.2) is 0 Å². The summed E-state index contributed by atoms with van der Waals surface area (Å²) < 4.78 is 5.39. The molecule has 0 N–H and O–H groups in total. The second kappa shape index (κ2) is 7.90. The Balaban J connectivity index is 2.53. The molecule has 1 aliphatic rings. The molecule has 0 bridgehead atoms. The van der Waals surface area contributed by atoms with E-state index in [1.807, 2.05) is 0 Å². The molecule has 1 heterocycles. The van der Waals surface area contributed by atoms with Crippen LogP contribution in [0, 0.1) is 5.41 Å². The maximum absolute atomic E-state index is 11.5. The molecule has 0 amide bonds. The van der Waals surface area contributed by atoms with Gasteiger partial charge < -0.3 is 9.53 Å². The van der Waals surface area contributed by atoms with Gasteiger partial charge in [-0.2, -0.15) is 0 Å². The van der Waals surface area contributed by atoms with Gasteiger partial charge in [-0.05, 0) is 39.7 Å². The number of nitrogens with zero attached hydrogens (tertiary/aromatic N) is 1. The van der Waals surface area contributed by atoms with Crippen LogP contribution in [-0.2, 0) is 9.53 Å². The summed E-state index contributed by atoms with van der Waals surface area (Å²) >= 11 is 0. The quantitative estimate of drug-likeness (QED) is 0.493. The number of rotatable bonds is 8. The molecular formula is C15H29NO2. The summed E-state index contributed by atoms with van der Waals surface area (Å²) in [6, 6.07) is 0.515. The number of unbranched alkanes of at least 4 members (excludes halogenated alkanes) is 2. The largest absolute Gasteiger partial charge is 0.381 e. The molecule has 0 atom stereocenters. The predicted molar refractivity (Wildman–Crippen MR) is 74.8 cm³/mol. The highest BCUT2D eigenvalue weighted by molar-refractivity contribution is 5.60. The summed E-state index contributed by atoms with van der Waals surface area (Å²) in [5.74, 6) is 0. The van der Waals surface area contributed by atoms with Gasteiger partial charge in [-0.25, -0.2) is 0 Å². The van der Waals surface area contributed by atoms with E-state index in [0.29, 0.717) is 6.04 Å². The van der Waals surface area contributed by atoms with Crippen molar-refractivity contribution >= 4 is 6.29 Å². The molecule has 3 nitrogen and oxygen atoms in total. The van der Waals surface area contributed by atoms with Crippen molar-refractivity contribution in [2.45, 2.75) is 58.9 Å². The maximum Gasteiger partial charge on any atom is 0.127 e. The fourth-order valence-corrected chi connectivity index (χ4v) is 2.58. The van der Waals surface area contributed by atoms with Gasteiger partial charge in [0.05, 0.1) is 0 Å². The van der Waals surface area contributed by atoms with E-state index in [-0.39, 0.29) is 5.41 Å². The van der Waals surface area contributed by atoms with E-state index < -0.39 is 0 Å². The smallest absolute Gasteiger partial charge is 0.127 e. The van der Waals surface area contributed by atoms with Crippen LogP contribution in [0.15, 0.2) is 0 Å². The Morgan fingerprint density at radius 2 is 1.94 bits per heavy atom. The lowest BCUT2D eigenvalue weighted by Crippen LogP contribution is -2.45. The van der Waals surface area contributed by atoms with Crippen LogP contribution in [0.3, 0.4) is 0 Å². The van der Waals surface area contributed by atoms with Crippen molar-refractivity contribution in [1.29, 1.82) is 0 Å². The van der Waals surface area contributed by atoms with E-state index in [0.717, 1.165) is 39.1 Å². The molecule has 0 aromatic rings. The Bertz CT molecular complexity index is 235. The van der Waals surface area contributed by atoms with Crippen LogP contribution >= 0.6 is 0 Å². The van der Waals surface area contributed by atoms with E-state index in [1.54, 1.807) is 0 Å². The molecule has 1 saturated heterocycles. The van der Waals surface area contributed by atoms with Crippen LogP contribution in [0.4, 0.5) is 0 Å². The van der Waals surface area contributed by atoms with Crippen LogP contribution in [0.5, 0.6) is 0 Å². The molecule has 0 unspecified atom stereocenters. The molecule has 0 aliphatic carbocycles. The molecule has 0 aromatic carbocycles. The van der Waals surface area contributed by atoms with Gasteiger partial charge in [0.25, 0.3) is 0 Å². The summed E-state index contributed by atoms with van der Waals surface area (Å²) in [5, 5.41) is 0. The zero-order chi connectivity index (χ0) is 13.4. The molecule has 0 saturated carbocycles. The standard InChI is InChI=1S/C15H29NO2/c1-4-5-6-9-16(14(2)3)12-15(13-17)7-10-18-11-8-15/h13-14H,4-12H2,1-3H3. The van der Waals surface area contributed by atoms with Crippen LogP contribution in [0.2, 0.25) is 0 Å². The minimum absolute atomic E-state index is 0.158. The third-order valence-electron chi connectivity index (χ3n) is 4.04. The lowest BCUT2D eigenvalue weighted by molar-refractivity contribution is -0.123. The van der Waals surface area contributed by atoms with Gasteiger partial charge >= 0.3 is 0 Å². The first-order valence-electron chi connectivity index (χ1n) is 7.41. The predicted octanol–water partition coefficient (Wildman–Crippen LogP) is 2.88. The molecule has 1 aliphatic heterocycles. The van der Waals surface area contributed by atoms with Gasteiger partial charge in [0.2, 0.25) is 0 Å². The molecule has 0 spiro atoms. The summed E-state index contributed by atoms with van der Waals surface area (Å²) in [4.78, 5) is 14.0. The Kier molecular flexibility index (Phi) is 6.87. The van der Waals surface area contributed by atoms with Crippen LogP contribution in [0.25, 0.3) is 0 Å².